The maximum atomic E-state index is 3.60. The third kappa shape index (κ3) is 5.84. The first-order valence-electron chi connectivity index (χ1n) is 7.29. The Bertz CT molecular complexity index is 194. The largest absolute Gasteiger partial charge is 0.313 e. The van der Waals surface area contributed by atoms with Crippen molar-refractivity contribution < 1.29 is 0 Å². The summed E-state index contributed by atoms with van der Waals surface area (Å²) in [7, 11) is 2.24. The quantitative estimate of drug-likeness (QED) is 0.765. The van der Waals surface area contributed by atoms with Crippen molar-refractivity contribution in [1.82, 2.24) is 15.1 Å². The van der Waals surface area contributed by atoms with Gasteiger partial charge in [-0.3, -0.25) is 4.90 Å². The van der Waals surface area contributed by atoms with Gasteiger partial charge in [0.25, 0.3) is 0 Å². The molecule has 0 saturated carbocycles. The Kier molecular flexibility index (Phi) is 7.09. The van der Waals surface area contributed by atoms with Crippen molar-refractivity contribution >= 4 is 0 Å². The Labute approximate surface area is 108 Å². The zero-order valence-electron chi connectivity index (χ0n) is 12.2. The Morgan fingerprint density at radius 1 is 1.12 bits per heavy atom. The molecule has 1 heterocycles. The third-order valence-corrected chi connectivity index (χ3v) is 3.65. The Morgan fingerprint density at radius 2 is 1.88 bits per heavy atom. The number of hydrogen-bond donors (Lipinski definition) is 1. The fraction of sp³-hybridized carbons (Fsp3) is 1.00. The van der Waals surface area contributed by atoms with E-state index in [0.717, 1.165) is 12.6 Å². The Morgan fingerprint density at radius 3 is 2.53 bits per heavy atom. The van der Waals surface area contributed by atoms with Crippen LogP contribution in [-0.4, -0.2) is 61.7 Å². The van der Waals surface area contributed by atoms with E-state index in [1.165, 1.54) is 45.4 Å². The van der Waals surface area contributed by atoms with E-state index in [9.17, 15) is 0 Å². The maximum Gasteiger partial charge on any atom is 0.0221 e. The van der Waals surface area contributed by atoms with Gasteiger partial charge in [-0.05, 0) is 33.0 Å². The van der Waals surface area contributed by atoms with E-state index in [1.54, 1.807) is 0 Å². The molecular formula is C14H31N3. The second-order valence-corrected chi connectivity index (χ2v) is 5.70. The molecule has 0 amide bonds. The maximum absolute atomic E-state index is 3.60. The fourth-order valence-corrected chi connectivity index (χ4v) is 2.55. The first kappa shape index (κ1) is 14.9. The number of hydrogen-bond acceptors (Lipinski definition) is 3. The Hall–Kier alpha value is -0.120. The molecule has 1 rings (SSSR count). The van der Waals surface area contributed by atoms with Gasteiger partial charge in [0.2, 0.25) is 0 Å². The summed E-state index contributed by atoms with van der Waals surface area (Å²) in [6.07, 6.45) is 3.93. The zero-order chi connectivity index (χ0) is 12.7. The van der Waals surface area contributed by atoms with Gasteiger partial charge in [-0.1, -0.05) is 27.2 Å². The van der Waals surface area contributed by atoms with E-state index >= 15 is 0 Å². The molecule has 0 aromatic carbocycles. The lowest BCUT2D eigenvalue weighted by atomic mass is 10.1. The summed E-state index contributed by atoms with van der Waals surface area (Å²) in [6, 6.07) is 1.33. The van der Waals surface area contributed by atoms with Gasteiger partial charge >= 0.3 is 0 Å². The molecule has 1 N–H and O–H groups in total. The van der Waals surface area contributed by atoms with Crippen LogP contribution in [0.4, 0.5) is 0 Å². The van der Waals surface area contributed by atoms with E-state index in [2.05, 4.69) is 42.9 Å². The molecule has 1 atom stereocenters. The van der Waals surface area contributed by atoms with Crippen LogP contribution in [0.5, 0.6) is 0 Å². The summed E-state index contributed by atoms with van der Waals surface area (Å²) in [5, 5.41) is 3.60. The molecule has 1 aliphatic rings. The van der Waals surface area contributed by atoms with Gasteiger partial charge in [0, 0.05) is 31.7 Å². The van der Waals surface area contributed by atoms with Crippen LogP contribution in [0.1, 0.15) is 40.0 Å². The molecule has 0 bridgehead atoms. The fourth-order valence-electron chi connectivity index (χ4n) is 2.55. The molecule has 1 fully saturated rings. The van der Waals surface area contributed by atoms with Gasteiger partial charge in [0.1, 0.15) is 0 Å². The molecule has 102 valence electrons. The first-order chi connectivity index (χ1) is 8.13. The average molecular weight is 241 g/mol. The van der Waals surface area contributed by atoms with E-state index in [0.29, 0.717) is 6.04 Å². The Balaban J connectivity index is 2.43. The van der Waals surface area contributed by atoms with E-state index in [4.69, 9.17) is 0 Å². The minimum atomic E-state index is 0.601. The number of likely N-dealkylation sites (N-methyl/N-ethyl adjacent to an activating group) is 1. The molecule has 1 unspecified atom stereocenters. The van der Waals surface area contributed by atoms with Crippen molar-refractivity contribution in [3.63, 3.8) is 0 Å². The molecule has 0 aromatic heterocycles. The summed E-state index contributed by atoms with van der Waals surface area (Å²) >= 11 is 0. The van der Waals surface area contributed by atoms with Crippen LogP contribution in [-0.2, 0) is 0 Å². The van der Waals surface area contributed by atoms with E-state index in [-0.39, 0.29) is 0 Å². The normalized spacial score (nSPS) is 21.7. The van der Waals surface area contributed by atoms with E-state index < -0.39 is 0 Å². The number of nitrogens with zero attached hydrogens (tertiary/aromatic N) is 2. The van der Waals surface area contributed by atoms with Crippen LogP contribution < -0.4 is 5.32 Å². The van der Waals surface area contributed by atoms with Crippen molar-refractivity contribution in [2.24, 2.45) is 0 Å². The molecule has 0 radical (unpaired) electrons. The molecule has 3 heteroatoms. The first-order valence-corrected chi connectivity index (χ1v) is 7.29. The van der Waals surface area contributed by atoms with Crippen molar-refractivity contribution in [3.8, 4) is 0 Å². The van der Waals surface area contributed by atoms with Gasteiger partial charge in [0.05, 0.1) is 0 Å². The van der Waals surface area contributed by atoms with Crippen LogP contribution in [0.3, 0.4) is 0 Å². The standard InChI is InChI=1S/C14H31N3/c1-5-7-14(12-15-13(2)3)17-9-6-8-16(4)10-11-17/h13-15H,5-12H2,1-4H3. The van der Waals surface area contributed by atoms with E-state index in [1.807, 2.05) is 0 Å². The number of nitrogens with one attached hydrogen (secondary N) is 1. The molecule has 0 aromatic rings. The molecule has 1 saturated heterocycles. The summed E-state index contributed by atoms with van der Waals surface area (Å²) in [4.78, 5) is 5.15. The summed E-state index contributed by atoms with van der Waals surface area (Å²) < 4.78 is 0. The van der Waals surface area contributed by atoms with Gasteiger partial charge in [0.15, 0.2) is 0 Å². The lowest BCUT2D eigenvalue weighted by molar-refractivity contribution is 0.184. The zero-order valence-corrected chi connectivity index (χ0v) is 12.2. The monoisotopic (exact) mass is 241 g/mol. The topological polar surface area (TPSA) is 18.5 Å². The van der Waals surface area contributed by atoms with Crippen LogP contribution in [0.2, 0.25) is 0 Å². The highest BCUT2D eigenvalue weighted by Crippen LogP contribution is 2.10. The van der Waals surface area contributed by atoms with Crippen LogP contribution in [0.15, 0.2) is 0 Å². The molecule has 0 aliphatic carbocycles. The second-order valence-electron chi connectivity index (χ2n) is 5.70. The van der Waals surface area contributed by atoms with Crippen molar-refractivity contribution in [1.29, 1.82) is 0 Å². The SMILES string of the molecule is CCCC(CNC(C)C)N1CCCN(C)CC1. The highest BCUT2D eigenvalue weighted by Gasteiger charge is 2.20. The summed E-state index contributed by atoms with van der Waals surface area (Å²) in [5.74, 6) is 0. The lowest BCUT2D eigenvalue weighted by Gasteiger charge is -2.31. The summed E-state index contributed by atoms with van der Waals surface area (Å²) in [6.45, 7) is 12.9. The van der Waals surface area contributed by atoms with Gasteiger partial charge in [-0.2, -0.15) is 0 Å². The van der Waals surface area contributed by atoms with Gasteiger partial charge < -0.3 is 10.2 Å². The molecule has 3 nitrogen and oxygen atoms in total. The minimum absolute atomic E-state index is 0.601. The molecule has 1 aliphatic heterocycles. The van der Waals surface area contributed by atoms with Crippen LogP contribution >= 0.6 is 0 Å². The van der Waals surface area contributed by atoms with Gasteiger partial charge in [-0.15, -0.1) is 0 Å². The third-order valence-electron chi connectivity index (χ3n) is 3.65. The van der Waals surface area contributed by atoms with Crippen LogP contribution in [0, 0.1) is 0 Å². The smallest absolute Gasteiger partial charge is 0.0221 e. The van der Waals surface area contributed by atoms with Gasteiger partial charge in [-0.25, -0.2) is 0 Å². The molecular weight excluding hydrogens is 210 g/mol. The highest BCUT2D eigenvalue weighted by atomic mass is 15.2. The predicted octanol–water partition coefficient (Wildman–Crippen LogP) is 1.79. The molecule has 17 heavy (non-hydrogen) atoms. The van der Waals surface area contributed by atoms with Crippen molar-refractivity contribution in [2.45, 2.75) is 52.1 Å². The average Bonchev–Trinajstić information content (AvgIpc) is 2.49. The van der Waals surface area contributed by atoms with Crippen molar-refractivity contribution in [2.75, 3.05) is 39.8 Å². The number of rotatable bonds is 6. The summed E-state index contributed by atoms with van der Waals surface area (Å²) in [5.41, 5.74) is 0. The van der Waals surface area contributed by atoms with Crippen molar-refractivity contribution in [3.05, 3.63) is 0 Å². The lowest BCUT2D eigenvalue weighted by Crippen LogP contribution is -2.45. The predicted molar refractivity (Wildman–Crippen MR) is 75.5 cm³/mol. The highest BCUT2D eigenvalue weighted by molar-refractivity contribution is 4.78. The second kappa shape index (κ2) is 8.06. The van der Waals surface area contributed by atoms with Crippen LogP contribution in [0.25, 0.3) is 0 Å². The molecule has 0 spiro atoms. The minimum Gasteiger partial charge on any atom is -0.313 e.